The molecule has 2 aromatic rings. The number of carbonyl (C=O) groups excluding carboxylic acids is 2. The van der Waals surface area contributed by atoms with Gasteiger partial charge in [0.2, 0.25) is 5.91 Å². The zero-order chi connectivity index (χ0) is 27.8. The van der Waals surface area contributed by atoms with E-state index in [0.717, 1.165) is 0 Å². The van der Waals surface area contributed by atoms with E-state index in [1.165, 1.54) is 30.5 Å². The monoisotopic (exact) mass is 528 g/mol. The molecule has 8 nitrogen and oxygen atoms in total. The van der Waals surface area contributed by atoms with E-state index in [1.54, 1.807) is 0 Å². The van der Waals surface area contributed by atoms with Gasteiger partial charge in [0, 0.05) is 54.8 Å². The zero-order valence-corrected chi connectivity index (χ0v) is 20.8. The third kappa shape index (κ3) is 5.43. The van der Waals surface area contributed by atoms with Gasteiger partial charge < -0.3 is 10.2 Å². The summed E-state index contributed by atoms with van der Waals surface area (Å²) in [5.41, 5.74) is -0.477. The average Bonchev–Trinajstić information content (AvgIpc) is 2.87. The van der Waals surface area contributed by atoms with Crippen LogP contribution in [0.15, 0.2) is 47.1 Å². The molecule has 1 N–H and O–H groups in total. The number of nitrogens with one attached hydrogen (secondary N) is 1. The highest BCUT2D eigenvalue weighted by atomic mass is 19.4. The molecule has 38 heavy (non-hydrogen) atoms. The van der Waals surface area contributed by atoms with Gasteiger partial charge in [-0.15, -0.1) is 0 Å². The molecule has 0 saturated carbocycles. The molecule has 1 fully saturated rings. The average molecular weight is 529 g/mol. The van der Waals surface area contributed by atoms with Crippen molar-refractivity contribution in [2.45, 2.75) is 32.1 Å². The van der Waals surface area contributed by atoms with Gasteiger partial charge in [0.05, 0.1) is 16.9 Å². The van der Waals surface area contributed by atoms with E-state index < -0.39 is 35.3 Å². The number of carbonyl (C=O) groups is 2. The van der Waals surface area contributed by atoms with E-state index in [9.17, 15) is 22.8 Å². The number of likely N-dealkylation sites (N-methyl/N-ethyl adjacent to an activating group) is 1. The minimum atomic E-state index is -4.93. The lowest BCUT2D eigenvalue weighted by atomic mass is 9.95. The van der Waals surface area contributed by atoms with Crippen LogP contribution in [0.3, 0.4) is 0 Å². The Balaban J connectivity index is 1.77. The Labute approximate surface area is 216 Å². The molecule has 1 unspecified atom stereocenters. The maximum absolute atomic E-state index is 15.4. The highest BCUT2D eigenvalue weighted by Crippen LogP contribution is 2.38. The van der Waals surface area contributed by atoms with Crippen LogP contribution < -0.4 is 10.2 Å². The predicted octanol–water partition coefficient (Wildman–Crippen LogP) is 3.94. The highest BCUT2D eigenvalue weighted by Gasteiger charge is 2.43. The topological polar surface area (TPSA) is 102 Å². The first-order chi connectivity index (χ1) is 17.9. The molecule has 198 valence electrons. The molecular formula is C26H24F4N6O2. The number of dihydropyridines is 1. The lowest BCUT2D eigenvalue weighted by molar-refractivity contribution is -0.124. The Kier molecular flexibility index (Phi) is 7.33. The summed E-state index contributed by atoms with van der Waals surface area (Å²) in [7, 11) is 1.96. The summed E-state index contributed by atoms with van der Waals surface area (Å²) in [5.74, 6) is -4.68. The van der Waals surface area contributed by atoms with Crippen molar-refractivity contribution in [2.75, 3.05) is 30.4 Å². The zero-order valence-electron chi connectivity index (χ0n) is 20.8. The molecular weight excluding hydrogens is 504 g/mol. The number of hydrogen-bond donors (Lipinski definition) is 1. The molecule has 2 aliphatic rings. The van der Waals surface area contributed by atoms with Crippen LogP contribution in [0.5, 0.6) is 0 Å². The van der Waals surface area contributed by atoms with E-state index in [0.29, 0.717) is 36.6 Å². The number of pyridine rings is 1. The standard InChI is InChI=1S/C26H24F4N6O2/c1-14-12-36(13-15(2)35(14)3)23-8-21(27)18(16-4-5-17(9-31)32-10-16)6-22(23)34-25(38)19-11-33-24(37)7-20(19)26(28,29)30/h4-8,10-11,14-15,19H,12-13H2,1-3H3,(H,34,38)/t14-,15+,19?. The summed E-state index contributed by atoms with van der Waals surface area (Å²) in [4.78, 5) is 36.0. The van der Waals surface area contributed by atoms with Crippen molar-refractivity contribution in [1.82, 2.24) is 9.88 Å². The van der Waals surface area contributed by atoms with Crippen LogP contribution in [0.4, 0.5) is 28.9 Å². The van der Waals surface area contributed by atoms with Gasteiger partial charge in [-0.1, -0.05) is 0 Å². The van der Waals surface area contributed by atoms with Crippen LogP contribution in [-0.4, -0.2) is 66.3 Å². The summed E-state index contributed by atoms with van der Waals surface area (Å²) < 4.78 is 56.2. The predicted molar refractivity (Wildman–Crippen MR) is 133 cm³/mol. The largest absolute Gasteiger partial charge is 0.414 e. The van der Waals surface area contributed by atoms with Gasteiger partial charge in [-0.2, -0.15) is 18.4 Å². The maximum atomic E-state index is 15.4. The van der Waals surface area contributed by atoms with Crippen molar-refractivity contribution < 1.29 is 27.2 Å². The molecule has 1 saturated heterocycles. The summed E-state index contributed by atoms with van der Waals surface area (Å²) in [6.07, 6.45) is -2.67. The second kappa shape index (κ2) is 10.3. The normalized spacial score (nSPS) is 22.2. The first-order valence-corrected chi connectivity index (χ1v) is 11.7. The van der Waals surface area contributed by atoms with Crippen LogP contribution in [0, 0.1) is 23.1 Å². The van der Waals surface area contributed by atoms with E-state index in [2.05, 4.69) is 20.2 Å². The number of benzene rings is 1. The van der Waals surface area contributed by atoms with Crippen LogP contribution >= 0.6 is 0 Å². The van der Waals surface area contributed by atoms with E-state index in [-0.39, 0.29) is 29.0 Å². The van der Waals surface area contributed by atoms with Crippen molar-refractivity contribution >= 4 is 29.4 Å². The molecule has 0 radical (unpaired) electrons. The van der Waals surface area contributed by atoms with E-state index >= 15 is 4.39 Å². The first kappa shape index (κ1) is 26.9. The molecule has 3 heterocycles. The van der Waals surface area contributed by atoms with Gasteiger partial charge in [-0.25, -0.2) is 14.4 Å². The summed E-state index contributed by atoms with van der Waals surface area (Å²) in [5, 5.41) is 11.5. The SMILES string of the molecule is C[C@@H]1CN(c2cc(F)c(-c3ccc(C#N)nc3)cc2NC(=O)C2C=NC(=O)C=C2C(F)(F)F)C[C@H](C)N1C. The molecule has 2 amide bonds. The van der Waals surface area contributed by atoms with Crippen LogP contribution in [0.25, 0.3) is 11.1 Å². The second-order valence-corrected chi connectivity index (χ2v) is 9.34. The van der Waals surface area contributed by atoms with Crippen molar-refractivity contribution in [3.8, 4) is 17.2 Å². The third-order valence-electron chi connectivity index (χ3n) is 6.81. The quantitative estimate of drug-likeness (QED) is 0.604. The number of amides is 2. The lowest BCUT2D eigenvalue weighted by Gasteiger charge is -2.44. The number of anilines is 2. The molecule has 1 aromatic carbocycles. The van der Waals surface area contributed by atoms with E-state index in [4.69, 9.17) is 5.26 Å². The number of piperazine rings is 1. The van der Waals surface area contributed by atoms with E-state index in [1.807, 2.05) is 31.9 Å². The second-order valence-electron chi connectivity index (χ2n) is 9.34. The fourth-order valence-corrected chi connectivity index (χ4v) is 4.53. The Morgan fingerprint density at radius 3 is 2.45 bits per heavy atom. The molecule has 1 aromatic heterocycles. The van der Waals surface area contributed by atoms with Crippen molar-refractivity contribution in [3.63, 3.8) is 0 Å². The summed E-state index contributed by atoms with van der Waals surface area (Å²) in [6.45, 7) is 4.94. The number of nitrogens with zero attached hydrogens (tertiary/aromatic N) is 5. The molecule has 0 aliphatic carbocycles. The molecule has 2 aliphatic heterocycles. The van der Waals surface area contributed by atoms with Crippen molar-refractivity contribution in [3.05, 3.63) is 53.6 Å². The fraction of sp³-hybridized carbons (Fsp3) is 0.346. The molecule has 3 atom stereocenters. The fourth-order valence-electron chi connectivity index (χ4n) is 4.53. The number of aliphatic imine (C=N–C) groups is 1. The van der Waals surface area contributed by atoms with Crippen LogP contribution in [0.1, 0.15) is 19.5 Å². The van der Waals surface area contributed by atoms with Crippen LogP contribution in [0.2, 0.25) is 0 Å². The number of halogens is 4. The molecule has 4 rings (SSSR count). The van der Waals surface area contributed by atoms with Gasteiger partial charge in [0.15, 0.2) is 0 Å². The van der Waals surface area contributed by atoms with Crippen LogP contribution in [-0.2, 0) is 9.59 Å². The highest BCUT2D eigenvalue weighted by molar-refractivity contribution is 6.11. The summed E-state index contributed by atoms with van der Waals surface area (Å²) in [6, 6.07) is 7.47. The third-order valence-corrected chi connectivity index (χ3v) is 6.81. The lowest BCUT2D eigenvalue weighted by Crippen LogP contribution is -2.55. The molecule has 0 bridgehead atoms. The number of nitriles is 1. The maximum Gasteiger partial charge on any atom is 0.414 e. The van der Waals surface area contributed by atoms with Gasteiger partial charge in [-0.3, -0.25) is 14.5 Å². The molecule has 0 spiro atoms. The van der Waals surface area contributed by atoms with Gasteiger partial charge in [-0.05, 0) is 45.2 Å². The number of hydrogen-bond acceptors (Lipinski definition) is 6. The number of rotatable bonds is 4. The smallest absolute Gasteiger partial charge is 0.367 e. The minimum Gasteiger partial charge on any atom is -0.367 e. The van der Waals surface area contributed by atoms with Gasteiger partial charge in [0.1, 0.15) is 23.5 Å². The van der Waals surface area contributed by atoms with Gasteiger partial charge >= 0.3 is 6.18 Å². The minimum absolute atomic E-state index is 0.0374. The number of aromatic nitrogens is 1. The first-order valence-electron chi connectivity index (χ1n) is 11.7. The van der Waals surface area contributed by atoms with Crippen molar-refractivity contribution in [2.24, 2.45) is 10.9 Å². The Morgan fingerprint density at radius 2 is 1.87 bits per heavy atom. The number of alkyl halides is 3. The Hall–Kier alpha value is -4.11. The Morgan fingerprint density at radius 1 is 1.18 bits per heavy atom. The Bertz CT molecular complexity index is 1350. The van der Waals surface area contributed by atoms with Crippen molar-refractivity contribution in [1.29, 1.82) is 5.26 Å². The molecule has 12 heteroatoms. The summed E-state index contributed by atoms with van der Waals surface area (Å²) >= 11 is 0. The van der Waals surface area contributed by atoms with Gasteiger partial charge in [0.25, 0.3) is 5.91 Å².